The third-order valence-electron chi connectivity index (χ3n) is 6.93. The molecule has 0 atom stereocenters. The Labute approximate surface area is 201 Å². The Morgan fingerprint density at radius 3 is 1.12 bits per heavy atom. The molecule has 0 aliphatic heterocycles. The van der Waals surface area contributed by atoms with Crippen LogP contribution in [0.4, 0.5) is 0 Å². The Hall–Kier alpha value is -3.78. The molecule has 0 saturated heterocycles. The van der Waals surface area contributed by atoms with Crippen LogP contribution in [-0.4, -0.2) is 11.6 Å². The number of rotatable bonds is 2. The molecule has 2 heteroatoms. The lowest BCUT2D eigenvalue weighted by Gasteiger charge is -2.26. The van der Waals surface area contributed by atoms with Crippen LogP contribution in [0.5, 0.6) is 0 Å². The Morgan fingerprint density at radius 1 is 0.471 bits per heavy atom. The first kappa shape index (κ1) is 22.0. The van der Waals surface area contributed by atoms with Gasteiger partial charge in [0.25, 0.3) is 0 Å². The zero-order chi connectivity index (χ0) is 24.3. The smallest absolute Gasteiger partial charge is 0.195 e. The van der Waals surface area contributed by atoms with Crippen LogP contribution < -0.4 is 0 Å². The van der Waals surface area contributed by atoms with Crippen molar-refractivity contribution < 1.29 is 9.59 Å². The average molecular weight is 445 g/mol. The Bertz CT molecular complexity index is 1420. The second-order valence-electron chi connectivity index (χ2n) is 9.70. The van der Waals surface area contributed by atoms with Gasteiger partial charge in [-0.15, -0.1) is 0 Å². The number of hydrogen-bond acceptors (Lipinski definition) is 2. The topological polar surface area (TPSA) is 34.1 Å². The molecule has 1 aliphatic carbocycles. The van der Waals surface area contributed by atoms with E-state index in [4.69, 9.17) is 0 Å². The molecule has 0 radical (unpaired) electrons. The van der Waals surface area contributed by atoms with Gasteiger partial charge in [-0.05, 0) is 97.8 Å². The molecule has 0 amide bonds. The molecular formula is C32H28O2. The van der Waals surface area contributed by atoms with Crippen LogP contribution >= 0.6 is 0 Å². The van der Waals surface area contributed by atoms with Crippen molar-refractivity contribution in [2.45, 2.75) is 41.5 Å². The second-order valence-corrected chi connectivity index (χ2v) is 9.70. The van der Waals surface area contributed by atoms with Crippen molar-refractivity contribution >= 4 is 33.5 Å². The molecule has 0 saturated carbocycles. The van der Waals surface area contributed by atoms with E-state index >= 15 is 0 Å². The highest BCUT2D eigenvalue weighted by molar-refractivity contribution is 6.52. The molecule has 5 rings (SSSR count). The van der Waals surface area contributed by atoms with E-state index in [0.717, 1.165) is 55.3 Å². The maximum Gasteiger partial charge on any atom is 0.195 e. The molecule has 0 spiro atoms. The zero-order valence-corrected chi connectivity index (χ0v) is 20.6. The van der Waals surface area contributed by atoms with Crippen molar-refractivity contribution in [1.82, 2.24) is 0 Å². The summed E-state index contributed by atoms with van der Waals surface area (Å²) in [5.74, 6) is -0.158. The molecule has 0 unspecified atom stereocenters. The third-order valence-corrected chi connectivity index (χ3v) is 6.93. The lowest BCUT2D eigenvalue weighted by atomic mass is 9.74. The molecular weight excluding hydrogens is 416 g/mol. The van der Waals surface area contributed by atoms with Crippen molar-refractivity contribution in [3.63, 3.8) is 0 Å². The van der Waals surface area contributed by atoms with E-state index in [1.807, 2.05) is 64.1 Å². The monoisotopic (exact) mass is 444 g/mol. The van der Waals surface area contributed by atoms with Gasteiger partial charge >= 0.3 is 0 Å². The van der Waals surface area contributed by atoms with Crippen molar-refractivity contribution in [2.75, 3.05) is 0 Å². The highest BCUT2D eigenvalue weighted by atomic mass is 16.1. The number of carbonyl (C=O) groups excluding carboxylic acids is 2. The van der Waals surface area contributed by atoms with Crippen LogP contribution in [0.15, 0.2) is 60.7 Å². The maximum atomic E-state index is 14.3. The van der Waals surface area contributed by atoms with Gasteiger partial charge in [-0.2, -0.15) is 0 Å². The van der Waals surface area contributed by atoms with Gasteiger partial charge in [0, 0.05) is 22.3 Å². The van der Waals surface area contributed by atoms with Crippen LogP contribution in [-0.2, 0) is 0 Å². The van der Waals surface area contributed by atoms with Crippen LogP contribution in [0.25, 0.3) is 21.9 Å². The number of aryl methyl sites for hydroxylation is 6. The van der Waals surface area contributed by atoms with E-state index in [-0.39, 0.29) is 11.6 Å². The number of ketones is 2. The first-order chi connectivity index (χ1) is 16.2. The van der Waals surface area contributed by atoms with Gasteiger partial charge in [-0.25, -0.2) is 0 Å². The summed E-state index contributed by atoms with van der Waals surface area (Å²) in [5, 5.41) is 1.93. The fraction of sp³-hybridized carbons (Fsp3) is 0.188. The highest BCUT2D eigenvalue weighted by Gasteiger charge is 2.36. The van der Waals surface area contributed by atoms with Crippen LogP contribution in [0.1, 0.15) is 65.2 Å². The fourth-order valence-electron chi connectivity index (χ4n) is 5.74. The summed E-state index contributed by atoms with van der Waals surface area (Å²) in [5.41, 5.74) is 10.1. The van der Waals surface area contributed by atoms with Gasteiger partial charge < -0.3 is 0 Å². The first-order valence-electron chi connectivity index (χ1n) is 11.7. The van der Waals surface area contributed by atoms with Gasteiger partial charge in [0.05, 0.1) is 0 Å². The van der Waals surface area contributed by atoms with E-state index in [9.17, 15) is 9.59 Å². The van der Waals surface area contributed by atoms with Gasteiger partial charge in [-0.3, -0.25) is 9.59 Å². The Morgan fingerprint density at radius 2 is 0.794 bits per heavy atom. The SMILES string of the molecule is Cc1cc(C)c(C2=C(c3c(C)cc(C)cc3C)C(=O)c3cc4ccccc4cc3C2=O)c(C)c1. The summed E-state index contributed by atoms with van der Waals surface area (Å²) in [6.45, 7) is 12.2. The molecule has 0 bridgehead atoms. The molecule has 4 aromatic carbocycles. The molecule has 168 valence electrons. The minimum atomic E-state index is -0.0789. The standard InChI is InChI=1S/C32H28O2/c1-17-11-19(3)27(20(4)12-17)29-30(28-21(5)13-18(2)14-22(28)6)32(34)26-16-24-10-8-7-9-23(24)15-25(26)31(29)33/h7-16H,1-6H3. The second kappa shape index (κ2) is 7.92. The van der Waals surface area contributed by atoms with Crippen molar-refractivity contribution in [1.29, 1.82) is 0 Å². The lowest BCUT2D eigenvalue weighted by molar-refractivity contribution is 0.101. The van der Waals surface area contributed by atoms with Crippen LogP contribution in [0.3, 0.4) is 0 Å². The molecule has 2 nitrogen and oxygen atoms in total. The van der Waals surface area contributed by atoms with Crippen LogP contribution in [0, 0.1) is 41.5 Å². The Kier molecular flexibility index (Phi) is 5.13. The molecule has 4 aromatic rings. The van der Waals surface area contributed by atoms with Crippen molar-refractivity contribution in [3.8, 4) is 0 Å². The largest absolute Gasteiger partial charge is 0.289 e. The molecule has 0 N–H and O–H groups in total. The normalized spacial score (nSPS) is 13.6. The molecule has 34 heavy (non-hydrogen) atoms. The number of hydrogen-bond donors (Lipinski definition) is 0. The number of Topliss-reactive ketones (excluding diaryl/α,β-unsaturated/α-hetero) is 2. The first-order valence-corrected chi connectivity index (χ1v) is 11.7. The lowest BCUT2D eigenvalue weighted by Crippen LogP contribution is -2.23. The minimum absolute atomic E-state index is 0.0789. The van der Waals surface area contributed by atoms with Crippen LogP contribution in [0.2, 0.25) is 0 Å². The summed E-state index contributed by atoms with van der Waals surface area (Å²) < 4.78 is 0. The van der Waals surface area contributed by atoms with E-state index < -0.39 is 0 Å². The fourth-order valence-corrected chi connectivity index (χ4v) is 5.74. The van der Waals surface area contributed by atoms with Gasteiger partial charge in [0.1, 0.15) is 0 Å². The maximum absolute atomic E-state index is 14.3. The molecule has 1 aliphatic rings. The van der Waals surface area contributed by atoms with Crippen molar-refractivity contribution in [2.24, 2.45) is 0 Å². The summed E-state index contributed by atoms with van der Waals surface area (Å²) in [6, 6.07) is 20.0. The summed E-state index contributed by atoms with van der Waals surface area (Å²) in [6.07, 6.45) is 0. The van der Waals surface area contributed by atoms with E-state index in [1.165, 1.54) is 0 Å². The predicted molar refractivity (Wildman–Crippen MR) is 141 cm³/mol. The van der Waals surface area contributed by atoms with Gasteiger partial charge in [0.15, 0.2) is 11.6 Å². The quantitative estimate of drug-likeness (QED) is 0.318. The van der Waals surface area contributed by atoms with E-state index in [1.54, 1.807) is 0 Å². The molecule has 0 fully saturated rings. The third kappa shape index (κ3) is 3.33. The average Bonchev–Trinajstić information content (AvgIpc) is 2.76. The number of fused-ring (bicyclic) bond motifs is 2. The minimum Gasteiger partial charge on any atom is -0.289 e. The summed E-state index contributed by atoms with van der Waals surface area (Å²) >= 11 is 0. The zero-order valence-electron chi connectivity index (χ0n) is 20.6. The number of allylic oxidation sites excluding steroid dienone is 2. The molecule has 0 heterocycles. The van der Waals surface area contributed by atoms with Gasteiger partial charge in [-0.1, -0.05) is 59.7 Å². The number of carbonyl (C=O) groups is 2. The highest BCUT2D eigenvalue weighted by Crippen LogP contribution is 2.43. The number of benzene rings is 4. The van der Waals surface area contributed by atoms with E-state index in [2.05, 4.69) is 38.1 Å². The molecule has 0 aromatic heterocycles. The predicted octanol–water partition coefficient (Wildman–Crippen LogP) is 7.68. The summed E-state index contributed by atoms with van der Waals surface area (Å²) in [7, 11) is 0. The van der Waals surface area contributed by atoms with Crippen molar-refractivity contribution in [3.05, 3.63) is 116 Å². The Balaban J connectivity index is 1.93. The van der Waals surface area contributed by atoms with E-state index in [0.29, 0.717) is 22.3 Å². The summed E-state index contributed by atoms with van der Waals surface area (Å²) in [4.78, 5) is 28.5. The van der Waals surface area contributed by atoms with Gasteiger partial charge in [0.2, 0.25) is 0 Å².